The lowest BCUT2D eigenvalue weighted by molar-refractivity contribution is 0.198. The average molecular weight is 339 g/mol. The maximum atomic E-state index is 3.58. The first-order valence-corrected chi connectivity index (χ1v) is 9.66. The number of hydrogen-bond acceptors (Lipinski definition) is 2. The standard InChI is InChI=1S/C23H34N2/c1-6-7-15-25(17-21-11-9-8-10-12-21)20(5)22-14-13-19(4)23(16-22)24-18(2)3/h8-14,16,18,20,24H,6-7,15,17H2,1-5H3/t20-/m1/s1. The van der Waals surface area contributed by atoms with Gasteiger partial charge in [0.25, 0.3) is 0 Å². The van der Waals surface area contributed by atoms with Crippen LogP contribution in [0.25, 0.3) is 0 Å². The van der Waals surface area contributed by atoms with Crippen molar-refractivity contribution in [3.63, 3.8) is 0 Å². The maximum Gasteiger partial charge on any atom is 0.0375 e. The number of aryl methyl sites for hydroxylation is 1. The van der Waals surface area contributed by atoms with Crippen LogP contribution >= 0.6 is 0 Å². The van der Waals surface area contributed by atoms with Gasteiger partial charge in [-0.25, -0.2) is 0 Å². The van der Waals surface area contributed by atoms with Crippen LogP contribution in [0.2, 0.25) is 0 Å². The Morgan fingerprint density at radius 1 is 1.00 bits per heavy atom. The van der Waals surface area contributed by atoms with Gasteiger partial charge in [-0.05, 0) is 63.4 Å². The largest absolute Gasteiger partial charge is 0.383 e. The molecule has 0 spiro atoms. The van der Waals surface area contributed by atoms with Crippen LogP contribution in [0, 0.1) is 6.92 Å². The molecular weight excluding hydrogens is 304 g/mol. The van der Waals surface area contributed by atoms with Crippen LogP contribution in [0.4, 0.5) is 5.69 Å². The van der Waals surface area contributed by atoms with Crippen molar-refractivity contribution in [1.82, 2.24) is 4.90 Å². The number of nitrogens with one attached hydrogen (secondary N) is 1. The van der Waals surface area contributed by atoms with Gasteiger partial charge in [-0.15, -0.1) is 0 Å². The highest BCUT2D eigenvalue weighted by molar-refractivity contribution is 5.53. The number of benzene rings is 2. The van der Waals surface area contributed by atoms with E-state index in [2.05, 4.69) is 93.4 Å². The molecule has 0 aliphatic heterocycles. The molecule has 2 nitrogen and oxygen atoms in total. The normalized spacial score (nSPS) is 12.6. The minimum Gasteiger partial charge on any atom is -0.383 e. The van der Waals surface area contributed by atoms with Crippen molar-refractivity contribution in [3.8, 4) is 0 Å². The van der Waals surface area contributed by atoms with Gasteiger partial charge in [0.15, 0.2) is 0 Å². The highest BCUT2D eigenvalue weighted by atomic mass is 15.1. The van der Waals surface area contributed by atoms with Crippen LogP contribution < -0.4 is 5.32 Å². The Balaban J connectivity index is 2.21. The van der Waals surface area contributed by atoms with Gasteiger partial charge in [-0.2, -0.15) is 0 Å². The Hall–Kier alpha value is -1.80. The monoisotopic (exact) mass is 338 g/mol. The second-order valence-electron chi connectivity index (χ2n) is 7.36. The minimum absolute atomic E-state index is 0.403. The fourth-order valence-corrected chi connectivity index (χ4v) is 3.17. The first-order chi connectivity index (χ1) is 12.0. The molecule has 136 valence electrons. The van der Waals surface area contributed by atoms with Gasteiger partial charge in [0.1, 0.15) is 0 Å². The zero-order valence-electron chi connectivity index (χ0n) is 16.5. The Labute approximate surface area is 154 Å². The van der Waals surface area contributed by atoms with Gasteiger partial charge in [0.2, 0.25) is 0 Å². The smallest absolute Gasteiger partial charge is 0.0375 e. The van der Waals surface area contributed by atoms with E-state index in [0.29, 0.717) is 12.1 Å². The van der Waals surface area contributed by atoms with Crippen LogP contribution in [-0.4, -0.2) is 17.5 Å². The van der Waals surface area contributed by atoms with E-state index in [4.69, 9.17) is 0 Å². The summed E-state index contributed by atoms with van der Waals surface area (Å²) in [6.45, 7) is 13.3. The van der Waals surface area contributed by atoms with Crippen molar-refractivity contribution >= 4 is 5.69 Å². The summed E-state index contributed by atoms with van der Waals surface area (Å²) in [6.07, 6.45) is 2.46. The highest BCUT2D eigenvalue weighted by Gasteiger charge is 2.17. The lowest BCUT2D eigenvalue weighted by atomic mass is 10.0. The summed E-state index contributed by atoms with van der Waals surface area (Å²) in [5, 5.41) is 3.58. The van der Waals surface area contributed by atoms with E-state index in [1.807, 2.05) is 0 Å². The van der Waals surface area contributed by atoms with Gasteiger partial charge < -0.3 is 5.32 Å². The van der Waals surface area contributed by atoms with Crippen molar-refractivity contribution in [1.29, 1.82) is 0 Å². The molecule has 2 aromatic rings. The van der Waals surface area contributed by atoms with Crippen molar-refractivity contribution < 1.29 is 0 Å². The minimum atomic E-state index is 0.403. The molecule has 0 heterocycles. The first kappa shape index (κ1) is 19.5. The van der Waals surface area contributed by atoms with Crippen molar-refractivity contribution in [2.24, 2.45) is 0 Å². The number of rotatable bonds is 9. The average Bonchev–Trinajstić information content (AvgIpc) is 2.60. The molecule has 0 aliphatic rings. The Morgan fingerprint density at radius 2 is 1.72 bits per heavy atom. The molecule has 25 heavy (non-hydrogen) atoms. The Bertz CT molecular complexity index is 634. The molecule has 2 aromatic carbocycles. The second kappa shape index (κ2) is 9.62. The maximum absolute atomic E-state index is 3.58. The molecule has 2 rings (SSSR count). The van der Waals surface area contributed by atoms with Gasteiger partial charge >= 0.3 is 0 Å². The summed E-state index contributed by atoms with van der Waals surface area (Å²) in [5.74, 6) is 0. The molecule has 0 radical (unpaired) electrons. The molecule has 0 saturated heterocycles. The SMILES string of the molecule is CCCCN(Cc1ccccc1)[C@H](C)c1ccc(C)c(NC(C)C)c1. The quantitative estimate of drug-likeness (QED) is 0.587. The van der Waals surface area contributed by atoms with Crippen LogP contribution in [0.3, 0.4) is 0 Å². The zero-order valence-corrected chi connectivity index (χ0v) is 16.5. The first-order valence-electron chi connectivity index (χ1n) is 9.66. The summed E-state index contributed by atoms with van der Waals surface area (Å²) in [6, 6.07) is 18.5. The van der Waals surface area contributed by atoms with E-state index in [9.17, 15) is 0 Å². The summed E-state index contributed by atoms with van der Waals surface area (Å²) in [5.41, 5.74) is 5.35. The van der Waals surface area contributed by atoms with Gasteiger partial charge in [-0.3, -0.25) is 4.90 Å². The second-order valence-corrected chi connectivity index (χ2v) is 7.36. The predicted molar refractivity (Wildman–Crippen MR) is 110 cm³/mol. The fraction of sp³-hybridized carbons (Fsp3) is 0.478. The molecule has 0 saturated carbocycles. The van der Waals surface area contributed by atoms with Gasteiger partial charge in [0, 0.05) is 24.3 Å². The topological polar surface area (TPSA) is 15.3 Å². The molecule has 1 atom stereocenters. The molecule has 0 bridgehead atoms. The van der Waals surface area contributed by atoms with Crippen molar-refractivity contribution in [3.05, 3.63) is 65.2 Å². The lowest BCUT2D eigenvalue weighted by Crippen LogP contribution is -2.28. The summed E-state index contributed by atoms with van der Waals surface area (Å²) in [7, 11) is 0. The Kier molecular flexibility index (Phi) is 7.52. The predicted octanol–water partition coefficient (Wildman–Crippen LogP) is 6.18. The molecule has 0 unspecified atom stereocenters. The van der Waals surface area contributed by atoms with E-state index >= 15 is 0 Å². The number of unbranched alkanes of at least 4 members (excludes halogenated alkanes) is 1. The van der Waals surface area contributed by atoms with Crippen molar-refractivity contribution in [2.75, 3.05) is 11.9 Å². The third-order valence-electron chi connectivity index (χ3n) is 4.76. The molecular formula is C23H34N2. The Morgan fingerprint density at radius 3 is 2.36 bits per heavy atom. The van der Waals surface area contributed by atoms with Crippen LogP contribution in [0.15, 0.2) is 48.5 Å². The highest BCUT2D eigenvalue weighted by Crippen LogP contribution is 2.27. The van der Waals surface area contributed by atoms with Crippen LogP contribution in [0.1, 0.15) is 63.3 Å². The number of anilines is 1. The summed E-state index contributed by atoms with van der Waals surface area (Å²) in [4.78, 5) is 2.60. The van der Waals surface area contributed by atoms with Gasteiger partial charge in [0.05, 0.1) is 0 Å². The molecule has 1 N–H and O–H groups in total. The number of hydrogen-bond donors (Lipinski definition) is 1. The van der Waals surface area contributed by atoms with Crippen LogP contribution in [-0.2, 0) is 6.54 Å². The molecule has 2 heteroatoms. The molecule has 0 fully saturated rings. The van der Waals surface area contributed by atoms with E-state index in [-0.39, 0.29) is 0 Å². The van der Waals surface area contributed by atoms with E-state index in [0.717, 1.165) is 13.1 Å². The van der Waals surface area contributed by atoms with E-state index < -0.39 is 0 Å². The zero-order chi connectivity index (χ0) is 18.2. The fourth-order valence-electron chi connectivity index (χ4n) is 3.17. The third-order valence-corrected chi connectivity index (χ3v) is 4.76. The molecule has 0 aliphatic carbocycles. The number of nitrogens with zero attached hydrogens (tertiary/aromatic N) is 1. The molecule has 0 aromatic heterocycles. The molecule has 0 amide bonds. The van der Waals surface area contributed by atoms with Crippen molar-refractivity contribution in [2.45, 2.75) is 66.1 Å². The van der Waals surface area contributed by atoms with E-state index in [1.165, 1.54) is 35.2 Å². The summed E-state index contributed by atoms with van der Waals surface area (Å²) >= 11 is 0. The third kappa shape index (κ3) is 5.89. The van der Waals surface area contributed by atoms with Crippen LogP contribution in [0.5, 0.6) is 0 Å². The van der Waals surface area contributed by atoms with Gasteiger partial charge in [-0.1, -0.05) is 55.8 Å². The van der Waals surface area contributed by atoms with E-state index in [1.54, 1.807) is 0 Å². The lowest BCUT2D eigenvalue weighted by Gasteiger charge is -2.30. The summed E-state index contributed by atoms with van der Waals surface area (Å²) < 4.78 is 0.